The first-order valence-corrected chi connectivity index (χ1v) is 6.45. The Bertz CT molecular complexity index is 513. The van der Waals surface area contributed by atoms with E-state index in [0.717, 1.165) is 0 Å². The first-order chi connectivity index (χ1) is 8.00. The molecule has 0 aliphatic heterocycles. The zero-order valence-electron chi connectivity index (χ0n) is 11.6. The van der Waals surface area contributed by atoms with Gasteiger partial charge in [0.25, 0.3) is 0 Å². The summed E-state index contributed by atoms with van der Waals surface area (Å²) in [5.41, 5.74) is 10.3. The maximum Gasteiger partial charge on any atom is -0.0192 e. The van der Waals surface area contributed by atoms with Crippen molar-refractivity contribution in [1.82, 2.24) is 0 Å². The van der Waals surface area contributed by atoms with E-state index in [0.29, 0.717) is 0 Å². The molecule has 90 valence electrons. The van der Waals surface area contributed by atoms with Crippen molar-refractivity contribution in [2.24, 2.45) is 0 Å². The lowest BCUT2D eigenvalue weighted by Gasteiger charge is -2.22. The maximum absolute atomic E-state index is 2.29. The summed E-state index contributed by atoms with van der Waals surface area (Å²) in [6, 6.07) is 6.80. The third-order valence-electron chi connectivity index (χ3n) is 4.11. The van der Waals surface area contributed by atoms with Crippen molar-refractivity contribution in [2.45, 2.75) is 47.5 Å². The summed E-state index contributed by atoms with van der Waals surface area (Å²) < 4.78 is 0. The molecule has 0 atom stereocenters. The third-order valence-corrected chi connectivity index (χ3v) is 4.11. The molecule has 0 heterocycles. The van der Waals surface area contributed by atoms with Crippen molar-refractivity contribution in [1.29, 1.82) is 0 Å². The minimum absolute atomic E-state index is 1.19. The maximum atomic E-state index is 2.29. The lowest BCUT2D eigenvalue weighted by atomic mass is 9.83. The van der Waals surface area contributed by atoms with Gasteiger partial charge in [0.2, 0.25) is 0 Å². The molecule has 0 spiro atoms. The molecule has 0 saturated heterocycles. The Morgan fingerprint density at radius 3 is 2.18 bits per heavy atom. The average Bonchev–Trinajstić information content (AvgIpc) is 2.28. The van der Waals surface area contributed by atoms with E-state index < -0.39 is 0 Å². The van der Waals surface area contributed by atoms with Crippen molar-refractivity contribution in [3.8, 4) is 0 Å². The molecular formula is C17H22. The Balaban J connectivity index is 2.54. The Hall–Kier alpha value is -1.30. The van der Waals surface area contributed by atoms with E-state index >= 15 is 0 Å². The summed E-state index contributed by atoms with van der Waals surface area (Å²) in [7, 11) is 0. The molecule has 1 aromatic rings. The first-order valence-electron chi connectivity index (χ1n) is 6.45. The number of aryl methyl sites for hydroxylation is 2. The minimum Gasteiger partial charge on any atom is -0.0698 e. The highest BCUT2D eigenvalue weighted by atomic mass is 14.2. The van der Waals surface area contributed by atoms with Gasteiger partial charge in [-0.05, 0) is 75.3 Å². The van der Waals surface area contributed by atoms with E-state index in [-0.39, 0.29) is 0 Å². The average molecular weight is 226 g/mol. The summed E-state index contributed by atoms with van der Waals surface area (Å²) in [6.45, 7) is 11.2. The molecule has 0 radical (unpaired) electrons. The highest BCUT2D eigenvalue weighted by molar-refractivity contribution is 5.75. The lowest BCUT2D eigenvalue weighted by Crippen LogP contribution is -2.02. The predicted molar refractivity (Wildman–Crippen MR) is 76.1 cm³/mol. The van der Waals surface area contributed by atoms with Crippen molar-refractivity contribution in [3.63, 3.8) is 0 Å². The van der Waals surface area contributed by atoms with Gasteiger partial charge in [-0.1, -0.05) is 29.3 Å². The van der Waals surface area contributed by atoms with Gasteiger partial charge in [0.1, 0.15) is 0 Å². The topological polar surface area (TPSA) is 0 Å². The fraction of sp³-hybridized carbons (Fsp3) is 0.412. The van der Waals surface area contributed by atoms with Crippen LogP contribution in [0.5, 0.6) is 0 Å². The SMILES string of the molecule is CC1=C(C)C(C)=C(c2ccc(C)cc2C)CC1. The summed E-state index contributed by atoms with van der Waals surface area (Å²) >= 11 is 0. The fourth-order valence-electron chi connectivity index (χ4n) is 2.72. The van der Waals surface area contributed by atoms with Crippen molar-refractivity contribution in [2.75, 3.05) is 0 Å². The molecular weight excluding hydrogens is 204 g/mol. The van der Waals surface area contributed by atoms with Gasteiger partial charge in [-0.15, -0.1) is 0 Å². The van der Waals surface area contributed by atoms with Gasteiger partial charge in [-0.25, -0.2) is 0 Å². The van der Waals surface area contributed by atoms with Gasteiger partial charge in [0.15, 0.2) is 0 Å². The molecule has 1 aliphatic rings. The monoisotopic (exact) mass is 226 g/mol. The second kappa shape index (κ2) is 4.52. The number of hydrogen-bond donors (Lipinski definition) is 0. The Morgan fingerprint density at radius 1 is 0.824 bits per heavy atom. The second-order valence-corrected chi connectivity index (χ2v) is 5.33. The highest BCUT2D eigenvalue weighted by Gasteiger charge is 2.15. The normalized spacial score (nSPS) is 16.8. The zero-order chi connectivity index (χ0) is 12.6. The molecule has 0 saturated carbocycles. The predicted octanol–water partition coefficient (Wildman–Crippen LogP) is 5.21. The van der Waals surface area contributed by atoms with Crippen LogP contribution < -0.4 is 0 Å². The molecule has 0 N–H and O–H groups in total. The number of hydrogen-bond acceptors (Lipinski definition) is 0. The van der Waals surface area contributed by atoms with Crippen LogP contribution in [-0.2, 0) is 0 Å². The van der Waals surface area contributed by atoms with Gasteiger partial charge in [-0.2, -0.15) is 0 Å². The summed E-state index contributed by atoms with van der Waals surface area (Å²) in [6.07, 6.45) is 2.41. The van der Waals surface area contributed by atoms with Gasteiger partial charge in [-0.3, -0.25) is 0 Å². The van der Waals surface area contributed by atoms with Crippen LogP contribution >= 0.6 is 0 Å². The molecule has 1 aliphatic carbocycles. The number of benzene rings is 1. The van der Waals surface area contributed by atoms with Crippen LogP contribution in [0, 0.1) is 13.8 Å². The van der Waals surface area contributed by atoms with E-state index in [9.17, 15) is 0 Å². The molecule has 0 aromatic heterocycles. The second-order valence-electron chi connectivity index (χ2n) is 5.33. The molecule has 0 bridgehead atoms. The molecule has 0 heteroatoms. The van der Waals surface area contributed by atoms with Crippen molar-refractivity contribution in [3.05, 3.63) is 51.6 Å². The van der Waals surface area contributed by atoms with Crippen LogP contribution in [0.4, 0.5) is 0 Å². The van der Waals surface area contributed by atoms with Crippen molar-refractivity contribution >= 4 is 5.57 Å². The van der Waals surface area contributed by atoms with Gasteiger partial charge >= 0.3 is 0 Å². The fourth-order valence-corrected chi connectivity index (χ4v) is 2.72. The van der Waals surface area contributed by atoms with Crippen LogP contribution in [0.25, 0.3) is 5.57 Å². The smallest absolute Gasteiger partial charge is 0.0192 e. The summed E-state index contributed by atoms with van der Waals surface area (Å²) in [5, 5.41) is 0. The van der Waals surface area contributed by atoms with E-state index in [1.807, 2.05) is 0 Å². The molecule has 17 heavy (non-hydrogen) atoms. The van der Waals surface area contributed by atoms with Crippen LogP contribution in [0.1, 0.15) is 50.3 Å². The summed E-state index contributed by atoms with van der Waals surface area (Å²) in [4.78, 5) is 0. The van der Waals surface area contributed by atoms with Crippen LogP contribution in [0.3, 0.4) is 0 Å². The third kappa shape index (κ3) is 2.22. The first kappa shape index (κ1) is 12.2. The Labute approximate surface area is 105 Å². The van der Waals surface area contributed by atoms with E-state index in [1.54, 1.807) is 11.1 Å². The van der Waals surface area contributed by atoms with Crippen molar-refractivity contribution < 1.29 is 0 Å². The number of allylic oxidation sites excluding steroid dienone is 4. The molecule has 0 amide bonds. The Morgan fingerprint density at radius 2 is 1.53 bits per heavy atom. The highest BCUT2D eigenvalue weighted by Crippen LogP contribution is 2.36. The van der Waals surface area contributed by atoms with Crippen LogP contribution in [0.15, 0.2) is 34.9 Å². The van der Waals surface area contributed by atoms with E-state index in [2.05, 4.69) is 52.8 Å². The Kier molecular flexibility index (Phi) is 3.24. The molecule has 1 aromatic carbocycles. The minimum atomic E-state index is 1.19. The van der Waals surface area contributed by atoms with Crippen LogP contribution in [0.2, 0.25) is 0 Å². The van der Waals surface area contributed by atoms with Gasteiger partial charge < -0.3 is 0 Å². The molecule has 2 rings (SSSR count). The standard InChI is InChI=1S/C17H22/c1-11-6-8-16(13(3)10-11)17-9-7-12(2)14(4)15(17)5/h6,8,10H,7,9H2,1-5H3. The van der Waals surface area contributed by atoms with E-state index in [1.165, 1.54) is 40.7 Å². The van der Waals surface area contributed by atoms with Gasteiger partial charge in [0, 0.05) is 0 Å². The number of rotatable bonds is 1. The van der Waals surface area contributed by atoms with Gasteiger partial charge in [0.05, 0.1) is 0 Å². The molecule has 0 nitrogen and oxygen atoms in total. The largest absolute Gasteiger partial charge is 0.0698 e. The zero-order valence-corrected chi connectivity index (χ0v) is 11.6. The quantitative estimate of drug-likeness (QED) is 0.617. The summed E-state index contributed by atoms with van der Waals surface area (Å²) in [5.74, 6) is 0. The van der Waals surface area contributed by atoms with Crippen LogP contribution in [-0.4, -0.2) is 0 Å². The van der Waals surface area contributed by atoms with E-state index in [4.69, 9.17) is 0 Å². The lowest BCUT2D eigenvalue weighted by molar-refractivity contribution is 0.933. The molecule has 0 unspecified atom stereocenters. The molecule has 0 fully saturated rings.